The van der Waals surface area contributed by atoms with Crippen LogP contribution >= 0.6 is 23.4 Å². The average molecular weight is 406 g/mol. The molecule has 27 heavy (non-hydrogen) atoms. The summed E-state index contributed by atoms with van der Waals surface area (Å²) in [6.07, 6.45) is 3.42. The summed E-state index contributed by atoms with van der Waals surface area (Å²) in [5.41, 5.74) is 0.617. The number of nitrogens with zero attached hydrogens (tertiary/aromatic N) is 3. The van der Waals surface area contributed by atoms with Crippen LogP contribution < -0.4 is 10.3 Å². The van der Waals surface area contributed by atoms with Crippen molar-refractivity contribution in [2.75, 3.05) is 20.5 Å². The van der Waals surface area contributed by atoms with E-state index in [0.29, 0.717) is 27.0 Å². The lowest BCUT2D eigenvalue weighted by atomic mass is 10.2. The molecular formula is C18H16ClN3O4S. The Morgan fingerprint density at radius 1 is 1.30 bits per heavy atom. The van der Waals surface area contributed by atoms with E-state index in [1.807, 2.05) is 6.26 Å². The lowest BCUT2D eigenvalue weighted by Crippen LogP contribution is -2.28. The third-order valence-electron chi connectivity index (χ3n) is 3.95. The molecule has 140 valence electrons. The van der Waals surface area contributed by atoms with E-state index in [2.05, 4.69) is 9.97 Å². The van der Waals surface area contributed by atoms with Crippen LogP contribution in [0.1, 0.15) is 15.9 Å². The predicted molar refractivity (Wildman–Crippen MR) is 104 cm³/mol. The molecule has 0 atom stereocenters. The number of ether oxygens (including phenoxy) is 2. The van der Waals surface area contributed by atoms with Crippen molar-refractivity contribution < 1.29 is 14.3 Å². The summed E-state index contributed by atoms with van der Waals surface area (Å²) < 4.78 is 11.3. The molecule has 1 aromatic carbocycles. The van der Waals surface area contributed by atoms with E-state index in [9.17, 15) is 9.59 Å². The molecule has 3 aromatic rings. The molecule has 0 aliphatic heterocycles. The minimum Gasteiger partial charge on any atom is -0.495 e. The summed E-state index contributed by atoms with van der Waals surface area (Å²) in [6.45, 7) is 0.175. The summed E-state index contributed by atoms with van der Waals surface area (Å²) in [5.74, 6) is -0.176. The summed E-state index contributed by atoms with van der Waals surface area (Å²) in [7, 11) is 2.76. The number of benzene rings is 1. The fourth-order valence-corrected chi connectivity index (χ4v) is 3.25. The van der Waals surface area contributed by atoms with Gasteiger partial charge < -0.3 is 9.47 Å². The first kappa shape index (κ1) is 19.2. The van der Waals surface area contributed by atoms with Gasteiger partial charge in [-0.15, -0.1) is 0 Å². The van der Waals surface area contributed by atoms with Crippen LogP contribution in [0.3, 0.4) is 0 Å². The Hall–Kier alpha value is -2.58. The standard InChI is InChI=1S/C18H16ClN3O4S/c1-25-14-5-4-10(6-13(14)19)9-22-15-11(8-20-18(21-15)27-3)7-12(16(22)23)17(24)26-2/h4-8H,9H2,1-3H3. The van der Waals surface area contributed by atoms with Crippen LogP contribution in [0.25, 0.3) is 11.0 Å². The SMILES string of the molecule is COC(=O)c1cc2cnc(SC)nc2n(Cc2ccc(OC)c(Cl)c2)c1=O. The molecule has 3 rings (SSSR count). The summed E-state index contributed by atoms with van der Waals surface area (Å²) in [4.78, 5) is 33.6. The van der Waals surface area contributed by atoms with Crippen molar-refractivity contribution in [3.63, 3.8) is 0 Å². The van der Waals surface area contributed by atoms with Crippen molar-refractivity contribution >= 4 is 40.4 Å². The van der Waals surface area contributed by atoms with Crippen molar-refractivity contribution in [1.82, 2.24) is 14.5 Å². The first-order valence-electron chi connectivity index (χ1n) is 7.83. The third-order valence-corrected chi connectivity index (χ3v) is 4.81. The number of thioether (sulfide) groups is 1. The van der Waals surface area contributed by atoms with Gasteiger partial charge in [-0.05, 0) is 30.0 Å². The van der Waals surface area contributed by atoms with Crippen molar-refractivity contribution in [2.45, 2.75) is 11.7 Å². The van der Waals surface area contributed by atoms with Crippen LogP contribution in [0.2, 0.25) is 5.02 Å². The molecule has 0 saturated carbocycles. The minimum absolute atomic E-state index is 0.0786. The number of carbonyl (C=O) groups excluding carboxylic acids is 1. The van der Waals surface area contributed by atoms with Gasteiger partial charge in [0.1, 0.15) is 17.0 Å². The molecule has 0 unspecified atom stereocenters. The van der Waals surface area contributed by atoms with Crippen LogP contribution in [0.15, 0.2) is 40.4 Å². The molecule has 0 spiro atoms. The number of rotatable bonds is 5. The summed E-state index contributed by atoms with van der Waals surface area (Å²) in [6, 6.07) is 6.67. The van der Waals surface area contributed by atoms with Gasteiger partial charge in [0.25, 0.3) is 5.56 Å². The highest BCUT2D eigenvalue weighted by molar-refractivity contribution is 7.98. The van der Waals surface area contributed by atoms with E-state index < -0.39 is 11.5 Å². The molecule has 0 amide bonds. The van der Waals surface area contributed by atoms with Gasteiger partial charge in [0, 0.05) is 11.6 Å². The largest absolute Gasteiger partial charge is 0.495 e. The Morgan fingerprint density at radius 2 is 2.07 bits per heavy atom. The van der Waals surface area contributed by atoms with Crippen molar-refractivity contribution in [1.29, 1.82) is 0 Å². The zero-order valence-corrected chi connectivity index (χ0v) is 16.4. The zero-order chi connectivity index (χ0) is 19.6. The maximum Gasteiger partial charge on any atom is 0.343 e. The van der Waals surface area contributed by atoms with Crippen molar-refractivity contribution in [2.24, 2.45) is 0 Å². The second-order valence-electron chi connectivity index (χ2n) is 5.55. The van der Waals surface area contributed by atoms with E-state index in [4.69, 9.17) is 21.1 Å². The molecule has 0 N–H and O–H groups in total. The molecule has 0 fully saturated rings. The second-order valence-corrected chi connectivity index (χ2v) is 6.73. The van der Waals surface area contributed by atoms with Gasteiger partial charge in [-0.25, -0.2) is 14.8 Å². The van der Waals surface area contributed by atoms with E-state index in [0.717, 1.165) is 5.56 Å². The lowest BCUT2D eigenvalue weighted by molar-refractivity contribution is 0.0598. The van der Waals surface area contributed by atoms with E-state index >= 15 is 0 Å². The number of methoxy groups -OCH3 is 2. The quantitative estimate of drug-likeness (QED) is 0.366. The van der Waals surface area contributed by atoms with E-state index in [1.54, 1.807) is 24.4 Å². The Labute approximate surface area is 164 Å². The lowest BCUT2D eigenvalue weighted by Gasteiger charge is -2.13. The number of fused-ring (bicyclic) bond motifs is 1. The number of carbonyl (C=O) groups is 1. The fourth-order valence-electron chi connectivity index (χ4n) is 2.64. The van der Waals surface area contributed by atoms with E-state index in [1.165, 1.54) is 36.6 Å². The van der Waals surface area contributed by atoms with Gasteiger partial charge in [-0.3, -0.25) is 9.36 Å². The molecular weight excluding hydrogens is 390 g/mol. The Kier molecular flexibility index (Phi) is 5.67. The van der Waals surface area contributed by atoms with Crippen LogP contribution in [-0.2, 0) is 11.3 Å². The summed E-state index contributed by atoms with van der Waals surface area (Å²) in [5, 5.41) is 1.51. The van der Waals surface area contributed by atoms with Crippen molar-refractivity contribution in [3.8, 4) is 5.75 Å². The van der Waals surface area contributed by atoms with Gasteiger partial charge in [0.15, 0.2) is 5.16 Å². The van der Waals surface area contributed by atoms with Gasteiger partial charge in [0.05, 0.1) is 25.8 Å². The molecule has 0 saturated heterocycles. The van der Waals surface area contributed by atoms with E-state index in [-0.39, 0.29) is 12.1 Å². The highest BCUT2D eigenvalue weighted by Gasteiger charge is 2.18. The van der Waals surface area contributed by atoms with Gasteiger partial charge in [-0.1, -0.05) is 29.4 Å². The highest BCUT2D eigenvalue weighted by atomic mass is 35.5. The molecule has 0 aliphatic rings. The minimum atomic E-state index is -0.711. The monoisotopic (exact) mass is 405 g/mol. The number of hydrogen-bond acceptors (Lipinski definition) is 7. The molecule has 2 heterocycles. The Morgan fingerprint density at radius 3 is 2.70 bits per heavy atom. The molecule has 2 aromatic heterocycles. The average Bonchev–Trinajstić information content (AvgIpc) is 2.69. The number of pyridine rings is 1. The number of aromatic nitrogens is 3. The highest BCUT2D eigenvalue weighted by Crippen LogP contribution is 2.25. The fraction of sp³-hybridized carbons (Fsp3) is 0.222. The van der Waals surface area contributed by atoms with Crippen LogP contribution in [0.5, 0.6) is 5.75 Å². The second kappa shape index (κ2) is 7.98. The van der Waals surface area contributed by atoms with Crippen LogP contribution in [0.4, 0.5) is 0 Å². The first-order valence-corrected chi connectivity index (χ1v) is 9.44. The number of esters is 1. The van der Waals surface area contributed by atoms with Gasteiger partial charge >= 0.3 is 5.97 Å². The number of hydrogen-bond donors (Lipinski definition) is 0. The Balaban J connectivity index is 2.21. The molecule has 7 nitrogen and oxygen atoms in total. The van der Waals surface area contributed by atoms with Crippen molar-refractivity contribution in [3.05, 3.63) is 57.0 Å². The van der Waals surface area contributed by atoms with Crippen LogP contribution in [-0.4, -0.2) is 41.0 Å². The maximum absolute atomic E-state index is 12.9. The predicted octanol–water partition coefficient (Wildman–Crippen LogP) is 3.01. The summed E-state index contributed by atoms with van der Waals surface area (Å²) >= 11 is 7.55. The normalized spacial score (nSPS) is 10.8. The first-order chi connectivity index (χ1) is 13.0. The Bertz CT molecular complexity index is 1080. The topological polar surface area (TPSA) is 83.3 Å². The smallest absolute Gasteiger partial charge is 0.343 e. The molecule has 9 heteroatoms. The maximum atomic E-state index is 12.9. The molecule has 0 bridgehead atoms. The van der Waals surface area contributed by atoms with Crippen LogP contribution in [0, 0.1) is 0 Å². The van der Waals surface area contributed by atoms with Gasteiger partial charge in [-0.2, -0.15) is 0 Å². The third kappa shape index (κ3) is 3.77. The molecule has 0 radical (unpaired) electrons. The zero-order valence-electron chi connectivity index (χ0n) is 14.9. The number of halogens is 1. The molecule has 0 aliphatic carbocycles. The van der Waals surface area contributed by atoms with Gasteiger partial charge in [0.2, 0.25) is 0 Å².